The van der Waals surface area contributed by atoms with Crippen LogP contribution in [0.2, 0.25) is 0 Å². The number of nitrogens with zero attached hydrogens (tertiary/aromatic N) is 6. The van der Waals surface area contributed by atoms with Crippen LogP contribution in [0.25, 0.3) is 123 Å². The molecule has 0 saturated carbocycles. The summed E-state index contributed by atoms with van der Waals surface area (Å²) in [6, 6.07) is 140. The van der Waals surface area contributed by atoms with Crippen molar-refractivity contribution in [1.29, 1.82) is 0 Å². The van der Waals surface area contributed by atoms with E-state index >= 15 is 0 Å². The van der Waals surface area contributed by atoms with Crippen molar-refractivity contribution in [2.24, 2.45) is 0 Å². The monoisotopic (exact) mass is 2340 g/mol. The van der Waals surface area contributed by atoms with E-state index in [1.54, 1.807) is 12.4 Å². The Bertz CT molecular complexity index is 5320. The number of aryl methyl sites for hydroxylation is 2. The van der Waals surface area contributed by atoms with E-state index in [9.17, 15) is 0 Å². The summed E-state index contributed by atoms with van der Waals surface area (Å²) in [7, 11) is 0. The van der Waals surface area contributed by atoms with Crippen molar-refractivity contribution in [1.82, 2.24) is 29.9 Å². The second-order valence-corrected chi connectivity index (χ2v) is 25.3. The first-order valence-corrected chi connectivity index (χ1v) is 35.6. The summed E-state index contributed by atoms with van der Waals surface area (Å²) in [4.78, 5) is 26.4. The fourth-order valence-corrected chi connectivity index (χ4v) is 11.5. The van der Waals surface area contributed by atoms with Crippen LogP contribution in [0.5, 0.6) is 0 Å². The molecule has 0 aliphatic heterocycles. The Hall–Kier alpha value is -10.4. The van der Waals surface area contributed by atoms with Crippen molar-refractivity contribution in [2.75, 3.05) is 0 Å². The first-order valence-electron chi connectivity index (χ1n) is 35.6. The number of hydrogen-bond donors (Lipinski definition) is 0. The standard InChI is InChI=1S/C20H18N.2C18H14N.2C17H12N.C11H8N.5Ir/c1-15(2)17-11-12-21-20(14-17)19-10-6-9-18(13-19)16-7-4-3-5-8-16;1-14-10-11-18(19-13-14)17-9-5-8-16(12-17)15-6-3-2-4-7-15;1-14-10-11-19-18(12-14)17-9-5-8-16(13-17)15-6-3-2-4-7-15;1-3-7-14(8-4-1)16-11-12-17(18-13-16)15-9-5-2-6-10-15;1-2-7-14(8-3-1)15-9-6-10-16(13-15)17-11-4-5-12-18-17;1-2-6-10(7-3-1)11-8-4-5-9-12-11;;;;;/h3-9,11-15H,1-2H3;2*2-8,10-13H,1H3;2*1-9,11-13H;1-6,8-9H;;;;;/q6*-1;;;;;. The number of aromatic nitrogens is 6. The van der Waals surface area contributed by atoms with E-state index < -0.39 is 0 Å². The third kappa shape index (κ3) is 26.9. The van der Waals surface area contributed by atoms with Gasteiger partial charge in [0, 0.05) is 138 Å². The third-order valence-corrected chi connectivity index (χ3v) is 17.2. The van der Waals surface area contributed by atoms with Gasteiger partial charge in [-0.3, -0.25) is 0 Å². The van der Waals surface area contributed by atoms with Gasteiger partial charge in [-0.25, -0.2) is 0 Å². The van der Waals surface area contributed by atoms with E-state index in [2.05, 4.69) is 263 Å². The van der Waals surface area contributed by atoms with Crippen molar-refractivity contribution < 1.29 is 101 Å². The number of hydrogen-bond acceptors (Lipinski definition) is 6. The van der Waals surface area contributed by atoms with Gasteiger partial charge >= 0.3 is 0 Å². The van der Waals surface area contributed by atoms with E-state index in [0.29, 0.717) is 5.92 Å². The summed E-state index contributed by atoms with van der Waals surface area (Å²) < 4.78 is 0. The Morgan fingerprint density at radius 2 is 0.527 bits per heavy atom. The minimum atomic E-state index is 0. The van der Waals surface area contributed by atoms with E-state index in [1.807, 2.05) is 214 Å². The molecular formula is C101H78Ir5N6-6. The molecule has 17 aromatic rings. The zero-order chi connectivity index (χ0) is 73.5. The predicted molar refractivity (Wildman–Crippen MR) is 442 cm³/mol. The first-order chi connectivity index (χ1) is 52.7. The van der Waals surface area contributed by atoms with Crippen LogP contribution in [-0.4, -0.2) is 29.9 Å². The van der Waals surface area contributed by atoms with Crippen molar-refractivity contribution >= 4 is 0 Å². The molecule has 0 aliphatic carbocycles. The molecule has 6 nitrogen and oxygen atoms in total. The topological polar surface area (TPSA) is 77.3 Å². The SMILES string of the molecule is CC(C)c1ccnc(-c2[c-]ccc(-c3ccccc3)c2)c1.Cc1ccc(-c2[c-]ccc(-c3ccccc3)c2)nc1.Cc1ccnc(-c2[c-]ccc(-c3ccccc3)c2)c1.[Ir].[Ir].[Ir].[Ir].[Ir].[c-]1ccc(-c2ccccc2)cc1-c1ccccn1.[c-]1ccccc1-c1ccc(-c2ccccc2)cn1.[c-]1ccccc1-c1ccccn1. The summed E-state index contributed by atoms with van der Waals surface area (Å²) in [5.41, 5.74) is 27.6. The van der Waals surface area contributed by atoms with Gasteiger partial charge in [-0.2, -0.15) is 0 Å². The Balaban J connectivity index is 0.000000186. The molecule has 0 aliphatic rings. The second kappa shape index (κ2) is 47.7. The van der Waals surface area contributed by atoms with Gasteiger partial charge in [0.1, 0.15) is 0 Å². The van der Waals surface area contributed by atoms with Crippen LogP contribution in [-0.2, 0) is 101 Å². The Morgan fingerprint density at radius 1 is 0.205 bits per heavy atom. The van der Waals surface area contributed by atoms with Crippen molar-refractivity contribution in [2.45, 2.75) is 33.6 Å². The van der Waals surface area contributed by atoms with E-state index in [0.717, 1.165) is 73.1 Å². The minimum absolute atomic E-state index is 0. The molecule has 17 rings (SSSR count). The van der Waals surface area contributed by atoms with Crippen molar-refractivity contribution in [3.8, 4) is 123 Å². The van der Waals surface area contributed by atoms with Gasteiger partial charge in [0.05, 0.1) is 0 Å². The fourth-order valence-electron chi connectivity index (χ4n) is 11.5. The van der Waals surface area contributed by atoms with Gasteiger partial charge in [-0.15, -0.1) is 213 Å². The molecular weight excluding hydrogens is 2260 g/mol. The summed E-state index contributed by atoms with van der Waals surface area (Å²) in [5.74, 6) is 0.504. The Labute approximate surface area is 728 Å². The average Bonchev–Trinajstić information content (AvgIpc) is 0.774. The first kappa shape index (κ1) is 88.8. The maximum Gasteiger partial charge on any atom is 0.0239 e. The fraction of sp³-hybridized carbons (Fsp3) is 0.0495. The van der Waals surface area contributed by atoms with Crippen LogP contribution in [0.4, 0.5) is 0 Å². The molecule has 6 heterocycles. The van der Waals surface area contributed by atoms with Crippen LogP contribution in [0.15, 0.2) is 395 Å². The van der Waals surface area contributed by atoms with Gasteiger partial charge < -0.3 is 29.9 Å². The average molecular weight is 2340 g/mol. The summed E-state index contributed by atoms with van der Waals surface area (Å²) in [6.07, 6.45) is 11.1. The molecule has 0 atom stereocenters. The van der Waals surface area contributed by atoms with Crippen LogP contribution >= 0.6 is 0 Å². The van der Waals surface area contributed by atoms with Gasteiger partial charge in [-0.05, 0) is 117 Å². The molecule has 0 fully saturated rings. The van der Waals surface area contributed by atoms with Crippen LogP contribution in [0, 0.1) is 50.2 Å². The molecule has 6 aromatic heterocycles. The normalized spacial score (nSPS) is 9.87. The maximum atomic E-state index is 4.50. The van der Waals surface area contributed by atoms with Crippen molar-refractivity contribution in [3.63, 3.8) is 0 Å². The van der Waals surface area contributed by atoms with Crippen LogP contribution < -0.4 is 0 Å². The zero-order valence-corrected chi connectivity index (χ0v) is 73.9. The molecule has 112 heavy (non-hydrogen) atoms. The quantitative estimate of drug-likeness (QED) is 0.113. The predicted octanol–water partition coefficient (Wildman–Crippen LogP) is 25.4. The van der Waals surface area contributed by atoms with Gasteiger partial charge in [0.15, 0.2) is 0 Å². The molecule has 0 spiro atoms. The zero-order valence-electron chi connectivity index (χ0n) is 62.0. The van der Waals surface area contributed by atoms with Gasteiger partial charge in [0.25, 0.3) is 0 Å². The van der Waals surface area contributed by atoms with E-state index in [4.69, 9.17) is 0 Å². The number of rotatable bonds is 12. The summed E-state index contributed by atoms with van der Waals surface area (Å²) >= 11 is 0. The maximum absolute atomic E-state index is 4.50. The molecule has 0 bridgehead atoms. The van der Waals surface area contributed by atoms with E-state index in [-0.39, 0.29) is 101 Å². The largest absolute Gasteiger partial charge is 0.305 e. The third-order valence-electron chi connectivity index (χ3n) is 17.2. The number of pyridine rings is 6. The molecule has 11 aromatic carbocycles. The molecule has 0 N–H and O–H groups in total. The smallest absolute Gasteiger partial charge is 0.0239 e. The van der Waals surface area contributed by atoms with Crippen molar-refractivity contribution in [3.05, 3.63) is 448 Å². The molecule has 5 radical (unpaired) electrons. The second-order valence-electron chi connectivity index (χ2n) is 25.3. The molecule has 0 unspecified atom stereocenters. The number of benzene rings is 11. The van der Waals surface area contributed by atoms with Crippen LogP contribution in [0.3, 0.4) is 0 Å². The Morgan fingerprint density at radius 3 is 0.875 bits per heavy atom. The summed E-state index contributed by atoms with van der Waals surface area (Å²) in [5, 5.41) is 0. The van der Waals surface area contributed by atoms with Gasteiger partial charge in [-0.1, -0.05) is 237 Å². The van der Waals surface area contributed by atoms with E-state index in [1.165, 1.54) is 66.8 Å². The molecule has 0 saturated heterocycles. The minimum Gasteiger partial charge on any atom is -0.305 e. The molecule has 11 heteroatoms. The van der Waals surface area contributed by atoms with Gasteiger partial charge in [0.2, 0.25) is 0 Å². The van der Waals surface area contributed by atoms with Crippen LogP contribution in [0.1, 0.15) is 36.5 Å². The Kier molecular flexibility index (Phi) is 37.8. The molecule has 563 valence electrons. The molecule has 0 amide bonds. The summed E-state index contributed by atoms with van der Waals surface area (Å²) in [6.45, 7) is 8.51.